The number of carbonyl (C=O) groups is 3. The van der Waals surface area contributed by atoms with Crippen molar-refractivity contribution in [2.75, 3.05) is 13.8 Å². The van der Waals surface area contributed by atoms with Crippen LogP contribution in [0.1, 0.15) is 17.2 Å². The van der Waals surface area contributed by atoms with Crippen LogP contribution in [-0.2, 0) is 14.3 Å². The molecule has 2 unspecified atom stereocenters. The second-order valence-electron chi connectivity index (χ2n) is 6.44. The van der Waals surface area contributed by atoms with Gasteiger partial charge in [0, 0.05) is 0 Å². The zero-order valence-corrected chi connectivity index (χ0v) is 15.5. The van der Waals surface area contributed by atoms with E-state index < -0.39 is 36.2 Å². The van der Waals surface area contributed by atoms with Gasteiger partial charge in [-0.25, -0.2) is 9.59 Å². The molecule has 2 amide bonds. The number of ether oxygens (including phenoxy) is 1. The number of nitrogens with zero attached hydrogens (tertiary/aromatic N) is 1. The molecule has 0 aromatic heterocycles. The van der Waals surface area contributed by atoms with Crippen LogP contribution in [0.3, 0.4) is 0 Å². The quantitative estimate of drug-likeness (QED) is 0.524. The normalized spacial score (nSPS) is 14.3. The van der Waals surface area contributed by atoms with E-state index in [0.717, 1.165) is 22.3 Å². The minimum absolute atomic E-state index is 0.373. The fourth-order valence-corrected chi connectivity index (χ4v) is 3.39. The van der Waals surface area contributed by atoms with Crippen LogP contribution in [0.2, 0.25) is 0 Å². The maximum absolute atomic E-state index is 12.5. The molecule has 0 fully saturated rings. The van der Waals surface area contributed by atoms with Crippen LogP contribution in [0.5, 0.6) is 0 Å². The van der Waals surface area contributed by atoms with E-state index in [9.17, 15) is 24.6 Å². The number of nitrogens with one attached hydrogen (secondary N) is 1. The minimum atomic E-state index is -2.28. The maximum Gasteiger partial charge on any atom is 0.411 e. The van der Waals surface area contributed by atoms with Gasteiger partial charge in [-0.2, -0.15) is 0 Å². The number of carboxylic acid groups (broad SMARTS) is 1. The van der Waals surface area contributed by atoms with Crippen LogP contribution in [0, 0.1) is 0 Å². The van der Waals surface area contributed by atoms with Crippen molar-refractivity contribution in [2.45, 2.75) is 18.2 Å². The van der Waals surface area contributed by atoms with Crippen molar-refractivity contribution in [2.24, 2.45) is 0 Å². The standard InChI is InChI=1S/C20H20N2O7/c1-29-20(28)22(10-21-18(25)16(23)17(24)19(26)27)15-13-8-4-2-6-11(13)12-7-3-5-9-14(12)15/h2-9,15-17,23-24H,10H2,1H3,(H,21,25)(H,26,27). The van der Waals surface area contributed by atoms with Crippen molar-refractivity contribution < 1.29 is 34.4 Å². The number of fused-ring (bicyclic) bond motifs is 3. The van der Waals surface area contributed by atoms with Gasteiger partial charge in [-0.3, -0.25) is 9.69 Å². The number of aliphatic carboxylic acids is 1. The third-order valence-electron chi connectivity index (χ3n) is 4.77. The van der Waals surface area contributed by atoms with Gasteiger partial charge in [0.15, 0.2) is 12.2 Å². The van der Waals surface area contributed by atoms with Gasteiger partial charge in [-0.15, -0.1) is 0 Å². The molecule has 0 bridgehead atoms. The first-order valence-electron chi connectivity index (χ1n) is 8.76. The lowest BCUT2D eigenvalue weighted by Crippen LogP contribution is -2.50. The molecule has 0 radical (unpaired) electrons. The first-order chi connectivity index (χ1) is 13.9. The summed E-state index contributed by atoms with van der Waals surface area (Å²) < 4.78 is 4.86. The zero-order valence-electron chi connectivity index (χ0n) is 15.5. The number of carboxylic acids is 1. The third kappa shape index (κ3) is 3.78. The van der Waals surface area contributed by atoms with E-state index in [2.05, 4.69) is 5.32 Å². The summed E-state index contributed by atoms with van der Waals surface area (Å²) in [7, 11) is 1.20. The predicted molar refractivity (Wildman–Crippen MR) is 101 cm³/mol. The molecular weight excluding hydrogens is 380 g/mol. The number of hydrogen-bond acceptors (Lipinski definition) is 6. The van der Waals surface area contributed by atoms with Gasteiger partial charge in [0.2, 0.25) is 0 Å². The van der Waals surface area contributed by atoms with Crippen molar-refractivity contribution in [1.82, 2.24) is 10.2 Å². The molecular formula is C20H20N2O7. The zero-order chi connectivity index (χ0) is 21.1. The van der Waals surface area contributed by atoms with Gasteiger partial charge in [0.1, 0.15) is 0 Å². The fraction of sp³-hybridized carbons (Fsp3) is 0.250. The summed E-state index contributed by atoms with van der Waals surface area (Å²) >= 11 is 0. The van der Waals surface area contributed by atoms with Crippen molar-refractivity contribution >= 4 is 18.0 Å². The number of carbonyl (C=O) groups excluding carboxylic acids is 2. The molecule has 0 spiro atoms. The van der Waals surface area contributed by atoms with E-state index in [1.54, 1.807) is 0 Å². The Morgan fingerprint density at radius 2 is 1.52 bits per heavy atom. The monoisotopic (exact) mass is 400 g/mol. The Morgan fingerprint density at radius 1 is 1.00 bits per heavy atom. The van der Waals surface area contributed by atoms with E-state index in [4.69, 9.17) is 9.84 Å². The molecule has 2 atom stereocenters. The summed E-state index contributed by atoms with van der Waals surface area (Å²) in [6, 6.07) is 14.4. The second-order valence-corrected chi connectivity index (χ2v) is 6.44. The number of benzene rings is 2. The van der Waals surface area contributed by atoms with Crippen molar-refractivity contribution in [1.29, 1.82) is 0 Å². The first-order valence-corrected chi connectivity index (χ1v) is 8.76. The lowest BCUT2D eigenvalue weighted by Gasteiger charge is -2.30. The summed E-state index contributed by atoms with van der Waals surface area (Å²) in [5, 5.41) is 30.0. The van der Waals surface area contributed by atoms with E-state index in [1.807, 2.05) is 48.5 Å². The average molecular weight is 400 g/mol. The van der Waals surface area contributed by atoms with Crippen LogP contribution in [0.15, 0.2) is 48.5 Å². The Hall–Kier alpha value is -3.43. The largest absolute Gasteiger partial charge is 0.479 e. The molecule has 1 aliphatic carbocycles. The molecule has 9 nitrogen and oxygen atoms in total. The van der Waals surface area contributed by atoms with Crippen LogP contribution >= 0.6 is 0 Å². The third-order valence-corrected chi connectivity index (χ3v) is 4.77. The first kappa shape index (κ1) is 20.3. The van der Waals surface area contributed by atoms with Crippen LogP contribution < -0.4 is 5.32 Å². The van der Waals surface area contributed by atoms with E-state index in [1.165, 1.54) is 12.0 Å². The Morgan fingerprint density at radius 3 is 2.00 bits per heavy atom. The topological polar surface area (TPSA) is 136 Å². The summed E-state index contributed by atoms with van der Waals surface area (Å²) in [6.07, 6.45) is -5.19. The molecule has 0 heterocycles. The molecule has 3 rings (SSSR count). The van der Waals surface area contributed by atoms with Gasteiger partial charge < -0.3 is 25.4 Å². The predicted octanol–water partition coefficient (Wildman–Crippen LogP) is 0.705. The summed E-state index contributed by atoms with van der Waals surface area (Å²) in [6.45, 7) is -0.373. The Balaban J connectivity index is 1.89. The van der Waals surface area contributed by atoms with Crippen LogP contribution in [0.4, 0.5) is 4.79 Å². The second kappa shape index (κ2) is 8.29. The molecule has 9 heteroatoms. The Kier molecular flexibility index (Phi) is 5.81. The maximum atomic E-state index is 12.5. The summed E-state index contributed by atoms with van der Waals surface area (Å²) in [5.41, 5.74) is 3.54. The van der Waals surface area contributed by atoms with E-state index >= 15 is 0 Å². The van der Waals surface area contributed by atoms with Crippen LogP contribution in [0.25, 0.3) is 11.1 Å². The lowest BCUT2D eigenvalue weighted by atomic mass is 10.0. The Bertz CT molecular complexity index is 900. The number of amides is 2. The van der Waals surface area contributed by atoms with Gasteiger partial charge in [-0.05, 0) is 22.3 Å². The van der Waals surface area contributed by atoms with Gasteiger partial charge in [0.05, 0.1) is 19.8 Å². The van der Waals surface area contributed by atoms with Gasteiger partial charge >= 0.3 is 12.1 Å². The number of methoxy groups -OCH3 is 1. The molecule has 4 N–H and O–H groups in total. The van der Waals surface area contributed by atoms with E-state index in [0.29, 0.717) is 0 Å². The van der Waals surface area contributed by atoms with Crippen molar-refractivity contribution in [3.63, 3.8) is 0 Å². The molecule has 2 aromatic carbocycles. The summed E-state index contributed by atoms with van der Waals surface area (Å²) in [4.78, 5) is 36.5. The number of aliphatic hydroxyl groups is 2. The van der Waals surface area contributed by atoms with Crippen molar-refractivity contribution in [3.05, 3.63) is 59.7 Å². The molecule has 0 saturated carbocycles. The number of aliphatic hydroxyl groups excluding tert-OH is 2. The minimum Gasteiger partial charge on any atom is -0.479 e. The molecule has 152 valence electrons. The average Bonchev–Trinajstić information content (AvgIpc) is 3.07. The molecule has 2 aromatic rings. The molecule has 29 heavy (non-hydrogen) atoms. The summed E-state index contributed by atoms with van der Waals surface area (Å²) in [5.74, 6) is -2.87. The molecule has 1 aliphatic rings. The fourth-order valence-electron chi connectivity index (χ4n) is 3.39. The SMILES string of the molecule is COC(=O)N(CNC(=O)C(O)C(O)C(=O)O)C1c2ccccc2-c2ccccc21. The number of hydrogen-bond donors (Lipinski definition) is 4. The highest BCUT2D eigenvalue weighted by atomic mass is 16.5. The highest BCUT2D eigenvalue weighted by molar-refractivity contribution is 5.88. The van der Waals surface area contributed by atoms with Crippen molar-refractivity contribution in [3.8, 4) is 11.1 Å². The number of rotatable bonds is 6. The van der Waals surface area contributed by atoms with Crippen LogP contribution in [-0.4, -0.2) is 64.2 Å². The van der Waals surface area contributed by atoms with E-state index in [-0.39, 0.29) is 6.67 Å². The Labute approximate surface area is 166 Å². The molecule has 0 saturated heterocycles. The highest BCUT2D eigenvalue weighted by Crippen LogP contribution is 2.46. The lowest BCUT2D eigenvalue weighted by molar-refractivity contribution is -0.158. The van der Waals surface area contributed by atoms with Gasteiger partial charge in [-0.1, -0.05) is 48.5 Å². The molecule has 0 aliphatic heterocycles. The smallest absolute Gasteiger partial charge is 0.411 e. The highest BCUT2D eigenvalue weighted by Gasteiger charge is 2.37. The van der Waals surface area contributed by atoms with Gasteiger partial charge in [0.25, 0.3) is 5.91 Å².